The van der Waals surface area contributed by atoms with Crippen molar-refractivity contribution in [2.24, 2.45) is 7.05 Å². The van der Waals surface area contributed by atoms with Gasteiger partial charge in [-0.1, -0.05) is 45.0 Å². The Morgan fingerprint density at radius 1 is 1.06 bits per heavy atom. The SMILES string of the molecule is Cn1ccn(Cc2ccc(C(C)(C)C)cc2)c1=O. The van der Waals surface area contributed by atoms with Crippen LogP contribution in [0.15, 0.2) is 41.5 Å². The van der Waals surface area contributed by atoms with Crippen LogP contribution >= 0.6 is 0 Å². The summed E-state index contributed by atoms with van der Waals surface area (Å²) in [6.07, 6.45) is 3.60. The first kappa shape index (κ1) is 12.7. The maximum Gasteiger partial charge on any atom is 0.328 e. The zero-order valence-corrected chi connectivity index (χ0v) is 11.5. The summed E-state index contributed by atoms with van der Waals surface area (Å²) in [5, 5.41) is 0. The van der Waals surface area contributed by atoms with Crippen LogP contribution < -0.4 is 5.69 Å². The molecule has 1 heterocycles. The number of benzene rings is 1. The summed E-state index contributed by atoms with van der Waals surface area (Å²) in [7, 11) is 1.77. The van der Waals surface area contributed by atoms with Gasteiger partial charge in [0, 0.05) is 19.4 Å². The molecule has 0 unspecified atom stereocenters. The van der Waals surface area contributed by atoms with Crippen molar-refractivity contribution in [2.75, 3.05) is 0 Å². The van der Waals surface area contributed by atoms with Gasteiger partial charge in [-0.15, -0.1) is 0 Å². The zero-order valence-electron chi connectivity index (χ0n) is 11.5. The minimum Gasteiger partial charge on any atom is -0.302 e. The lowest BCUT2D eigenvalue weighted by Gasteiger charge is -2.19. The monoisotopic (exact) mass is 244 g/mol. The Morgan fingerprint density at radius 3 is 2.11 bits per heavy atom. The predicted octanol–water partition coefficient (Wildman–Crippen LogP) is 2.53. The van der Waals surface area contributed by atoms with Gasteiger partial charge < -0.3 is 4.57 Å². The minimum absolute atomic E-state index is 0.0231. The topological polar surface area (TPSA) is 26.9 Å². The highest BCUT2D eigenvalue weighted by Crippen LogP contribution is 2.22. The normalized spacial score (nSPS) is 11.8. The van der Waals surface area contributed by atoms with Crippen molar-refractivity contribution in [3.05, 3.63) is 58.3 Å². The molecule has 0 spiro atoms. The van der Waals surface area contributed by atoms with Crippen LogP contribution in [0.2, 0.25) is 0 Å². The van der Waals surface area contributed by atoms with Crippen LogP contribution in [0.3, 0.4) is 0 Å². The van der Waals surface area contributed by atoms with Crippen LogP contribution in [0, 0.1) is 0 Å². The largest absolute Gasteiger partial charge is 0.328 e. The Morgan fingerprint density at radius 2 is 1.67 bits per heavy atom. The van der Waals surface area contributed by atoms with Gasteiger partial charge in [0.05, 0.1) is 6.54 Å². The van der Waals surface area contributed by atoms with Crippen LogP contribution in [0.4, 0.5) is 0 Å². The van der Waals surface area contributed by atoms with Gasteiger partial charge in [0.2, 0.25) is 0 Å². The molecule has 0 aliphatic rings. The number of hydrogen-bond donors (Lipinski definition) is 0. The van der Waals surface area contributed by atoms with Gasteiger partial charge in [-0.3, -0.25) is 4.57 Å². The minimum atomic E-state index is 0.0231. The van der Waals surface area contributed by atoms with Crippen LogP contribution in [-0.4, -0.2) is 9.13 Å². The van der Waals surface area contributed by atoms with Crippen LogP contribution in [0.5, 0.6) is 0 Å². The van der Waals surface area contributed by atoms with E-state index >= 15 is 0 Å². The molecule has 0 atom stereocenters. The van der Waals surface area contributed by atoms with Crippen LogP contribution in [-0.2, 0) is 19.0 Å². The number of rotatable bonds is 2. The first-order chi connectivity index (χ1) is 8.38. The standard InChI is InChI=1S/C15H20N2O/c1-15(2,3)13-7-5-12(6-8-13)11-17-10-9-16(4)14(17)18/h5-10H,11H2,1-4H3. The van der Waals surface area contributed by atoms with E-state index in [2.05, 4.69) is 45.0 Å². The average Bonchev–Trinajstić information content (AvgIpc) is 2.61. The fourth-order valence-electron chi connectivity index (χ4n) is 1.94. The molecule has 0 N–H and O–H groups in total. The summed E-state index contributed by atoms with van der Waals surface area (Å²) in [6, 6.07) is 8.48. The number of nitrogens with zero attached hydrogens (tertiary/aromatic N) is 2. The molecule has 18 heavy (non-hydrogen) atoms. The zero-order chi connectivity index (χ0) is 13.3. The molecule has 2 rings (SSSR count). The molecule has 0 fully saturated rings. The van der Waals surface area contributed by atoms with Gasteiger partial charge in [0.25, 0.3) is 0 Å². The molecule has 0 bridgehead atoms. The summed E-state index contributed by atoms with van der Waals surface area (Å²) in [5.74, 6) is 0. The molecule has 0 radical (unpaired) electrons. The summed E-state index contributed by atoms with van der Waals surface area (Å²) in [6.45, 7) is 7.22. The Kier molecular flexibility index (Phi) is 3.16. The van der Waals surface area contributed by atoms with Crippen LogP contribution in [0.25, 0.3) is 0 Å². The van der Waals surface area contributed by atoms with Gasteiger partial charge in [-0.05, 0) is 16.5 Å². The molecule has 3 nitrogen and oxygen atoms in total. The molecule has 1 aromatic heterocycles. The summed E-state index contributed by atoms with van der Waals surface area (Å²) in [4.78, 5) is 11.7. The summed E-state index contributed by atoms with van der Waals surface area (Å²) >= 11 is 0. The molecule has 2 aromatic rings. The second-order valence-electron chi connectivity index (χ2n) is 5.77. The first-order valence-electron chi connectivity index (χ1n) is 6.19. The third-order valence-corrected chi connectivity index (χ3v) is 3.19. The third-order valence-electron chi connectivity index (χ3n) is 3.19. The number of imidazole rings is 1. The molecule has 0 amide bonds. The van der Waals surface area contributed by atoms with Crippen molar-refractivity contribution in [3.8, 4) is 0 Å². The van der Waals surface area contributed by atoms with Crippen molar-refractivity contribution in [1.82, 2.24) is 9.13 Å². The van der Waals surface area contributed by atoms with Crippen molar-refractivity contribution in [1.29, 1.82) is 0 Å². The van der Waals surface area contributed by atoms with Crippen molar-refractivity contribution >= 4 is 0 Å². The van der Waals surface area contributed by atoms with Crippen molar-refractivity contribution < 1.29 is 0 Å². The van der Waals surface area contributed by atoms with Crippen molar-refractivity contribution in [3.63, 3.8) is 0 Å². The summed E-state index contributed by atoms with van der Waals surface area (Å²) < 4.78 is 3.30. The van der Waals surface area contributed by atoms with E-state index in [0.29, 0.717) is 6.54 Å². The number of aryl methyl sites for hydroxylation is 1. The van der Waals surface area contributed by atoms with E-state index < -0.39 is 0 Å². The van der Waals surface area contributed by atoms with Gasteiger partial charge in [-0.25, -0.2) is 4.79 Å². The first-order valence-corrected chi connectivity index (χ1v) is 6.19. The Labute approximate surface area is 108 Å². The van der Waals surface area contributed by atoms with E-state index in [-0.39, 0.29) is 11.1 Å². The number of hydrogen-bond acceptors (Lipinski definition) is 1. The predicted molar refractivity (Wildman–Crippen MR) is 73.9 cm³/mol. The van der Waals surface area contributed by atoms with Gasteiger partial charge in [0.1, 0.15) is 0 Å². The molecule has 3 heteroatoms. The lowest BCUT2D eigenvalue weighted by molar-refractivity contribution is 0.589. The average molecular weight is 244 g/mol. The highest BCUT2D eigenvalue weighted by molar-refractivity contribution is 5.27. The molecular formula is C15H20N2O. The lowest BCUT2D eigenvalue weighted by atomic mass is 9.87. The molecule has 0 aliphatic carbocycles. The Hall–Kier alpha value is -1.77. The maximum atomic E-state index is 11.7. The Balaban J connectivity index is 2.21. The van der Waals surface area contributed by atoms with E-state index in [1.807, 2.05) is 6.20 Å². The highest BCUT2D eigenvalue weighted by Gasteiger charge is 2.12. The smallest absolute Gasteiger partial charge is 0.302 e. The molecular weight excluding hydrogens is 224 g/mol. The fourth-order valence-corrected chi connectivity index (χ4v) is 1.94. The fraction of sp³-hybridized carbons (Fsp3) is 0.400. The summed E-state index contributed by atoms with van der Waals surface area (Å²) in [5.41, 5.74) is 2.65. The van der Waals surface area contributed by atoms with Gasteiger partial charge in [-0.2, -0.15) is 0 Å². The molecule has 0 aliphatic heterocycles. The van der Waals surface area contributed by atoms with E-state index in [1.165, 1.54) is 5.56 Å². The van der Waals surface area contributed by atoms with E-state index in [1.54, 1.807) is 22.4 Å². The van der Waals surface area contributed by atoms with Crippen molar-refractivity contribution in [2.45, 2.75) is 32.7 Å². The third kappa shape index (κ3) is 2.55. The van der Waals surface area contributed by atoms with Gasteiger partial charge >= 0.3 is 5.69 Å². The van der Waals surface area contributed by atoms with E-state index in [4.69, 9.17) is 0 Å². The van der Waals surface area contributed by atoms with Gasteiger partial charge in [0.15, 0.2) is 0 Å². The maximum absolute atomic E-state index is 11.7. The molecule has 0 saturated carbocycles. The Bertz CT molecular complexity index is 582. The van der Waals surface area contributed by atoms with Crippen LogP contribution in [0.1, 0.15) is 31.9 Å². The number of aromatic nitrogens is 2. The second-order valence-corrected chi connectivity index (χ2v) is 5.77. The quantitative estimate of drug-likeness (QED) is 0.797. The lowest BCUT2D eigenvalue weighted by Crippen LogP contribution is -2.22. The highest BCUT2D eigenvalue weighted by atomic mass is 16.1. The molecule has 96 valence electrons. The second kappa shape index (κ2) is 4.48. The molecule has 0 saturated heterocycles. The van der Waals surface area contributed by atoms with E-state index in [0.717, 1.165) is 5.56 Å². The molecule has 1 aromatic carbocycles. The van der Waals surface area contributed by atoms with E-state index in [9.17, 15) is 4.79 Å².